The highest BCUT2D eigenvalue weighted by Gasteiger charge is 2.13. The Labute approximate surface area is 90.2 Å². The maximum Gasteiger partial charge on any atom is 0.0166 e. The molecule has 0 aromatic rings. The molecular formula is C13H27N. The Morgan fingerprint density at radius 2 is 1.93 bits per heavy atom. The lowest BCUT2D eigenvalue weighted by Gasteiger charge is -2.28. The molecule has 1 rings (SSSR count). The minimum Gasteiger partial charge on any atom is -0.299 e. The summed E-state index contributed by atoms with van der Waals surface area (Å²) in [4.78, 5) is 2.55. The Balaban J connectivity index is 0.00000169. The van der Waals surface area contributed by atoms with E-state index < -0.39 is 0 Å². The molecule has 0 radical (unpaired) electrons. The Bertz CT molecular complexity index is 180. The largest absolute Gasteiger partial charge is 0.299 e. The molecule has 0 unspecified atom stereocenters. The molecule has 1 aliphatic heterocycles. The van der Waals surface area contributed by atoms with E-state index in [9.17, 15) is 0 Å². The van der Waals surface area contributed by atoms with E-state index >= 15 is 0 Å². The molecule has 0 fully saturated rings. The molecule has 0 saturated carbocycles. The molecule has 1 heterocycles. The van der Waals surface area contributed by atoms with Gasteiger partial charge in [0.15, 0.2) is 0 Å². The highest BCUT2D eigenvalue weighted by Crippen LogP contribution is 2.18. The lowest BCUT2D eigenvalue weighted by Crippen LogP contribution is -2.32. The van der Waals surface area contributed by atoms with Crippen LogP contribution in [0.5, 0.6) is 0 Å². The van der Waals surface area contributed by atoms with Crippen molar-refractivity contribution in [3.8, 4) is 0 Å². The molecule has 0 spiro atoms. The summed E-state index contributed by atoms with van der Waals surface area (Å²) in [7, 11) is 0. The van der Waals surface area contributed by atoms with Crippen LogP contribution in [0.3, 0.4) is 0 Å². The predicted molar refractivity (Wildman–Crippen MR) is 65.5 cm³/mol. The zero-order chi connectivity index (χ0) is 9.84. The van der Waals surface area contributed by atoms with Crippen LogP contribution in [0, 0.1) is 11.8 Å². The molecule has 84 valence electrons. The minimum absolute atomic E-state index is 0. The molecule has 0 N–H and O–H groups in total. The summed E-state index contributed by atoms with van der Waals surface area (Å²) in [5.41, 5.74) is 1.65. The number of nitrogens with zero attached hydrogens (tertiary/aromatic N) is 1. The summed E-state index contributed by atoms with van der Waals surface area (Å²) in [6.07, 6.45) is 3.71. The van der Waals surface area contributed by atoms with Crippen molar-refractivity contribution in [2.45, 2.75) is 41.5 Å². The normalized spacial score (nSPS) is 18.3. The van der Waals surface area contributed by atoms with Crippen LogP contribution in [-0.4, -0.2) is 24.5 Å². The molecule has 0 aromatic carbocycles. The summed E-state index contributed by atoms with van der Waals surface area (Å²) in [5, 5.41) is 0. The molecule has 1 nitrogen and oxygen atoms in total. The van der Waals surface area contributed by atoms with E-state index in [4.69, 9.17) is 0 Å². The maximum atomic E-state index is 2.55. The van der Waals surface area contributed by atoms with Crippen LogP contribution in [0.2, 0.25) is 0 Å². The standard InChI is InChI=1S/C12H23N.CH4/c1-10(2)9-13-7-5-12(6-8-13)11(3)4;/h5,10-11H,6-9H2,1-4H3;1H4. The van der Waals surface area contributed by atoms with Crippen LogP contribution in [-0.2, 0) is 0 Å². The summed E-state index contributed by atoms with van der Waals surface area (Å²) >= 11 is 0. The topological polar surface area (TPSA) is 3.24 Å². The van der Waals surface area contributed by atoms with E-state index in [1.165, 1.54) is 26.1 Å². The summed E-state index contributed by atoms with van der Waals surface area (Å²) < 4.78 is 0. The Morgan fingerprint density at radius 3 is 2.29 bits per heavy atom. The van der Waals surface area contributed by atoms with Crippen LogP contribution in [0.15, 0.2) is 11.6 Å². The van der Waals surface area contributed by atoms with Crippen molar-refractivity contribution >= 4 is 0 Å². The van der Waals surface area contributed by atoms with Gasteiger partial charge in [0.1, 0.15) is 0 Å². The second-order valence-corrected chi connectivity index (χ2v) is 4.84. The molecule has 0 aromatic heterocycles. The van der Waals surface area contributed by atoms with Gasteiger partial charge < -0.3 is 0 Å². The Kier molecular flexibility index (Phi) is 6.10. The molecule has 0 atom stereocenters. The molecule has 0 bridgehead atoms. The fraction of sp³-hybridized carbons (Fsp3) is 0.846. The highest BCUT2D eigenvalue weighted by molar-refractivity contribution is 5.09. The number of hydrogen-bond donors (Lipinski definition) is 0. The monoisotopic (exact) mass is 197 g/mol. The van der Waals surface area contributed by atoms with Crippen molar-refractivity contribution in [3.05, 3.63) is 11.6 Å². The molecule has 0 saturated heterocycles. The van der Waals surface area contributed by atoms with Crippen molar-refractivity contribution in [2.24, 2.45) is 11.8 Å². The first-order valence-electron chi connectivity index (χ1n) is 5.51. The van der Waals surface area contributed by atoms with Gasteiger partial charge in [0.05, 0.1) is 0 Å². The fourth-order valence-electron chi connectivity index (χ4n) is 1.93. The van der Waals surface area contributed by atoms with E-state index in [-0.39, 0.29) is 7.43 Å². The van der Waals surface area contributed by atoms with Gasteiger partial charge in [0.2, 0.25) is 0 Å². The maximum absolute atomic E-state index is 2.55. The molecule has 1 heteroatoms. The summed E-state index contributed by atoms with van der Waals surface area (Å²) in [6, 6.07) is 0. The number of hydrogen-bond acceptors (Lipinski definition) is 1. The first-order valence-corrected chi connectivity index (χ1v) is 5.51. The average molecular weight is 197 g/mol. The zero-order valence-electron chi connectivity index (χ0n) is 9.51. The fourth-order valence-corrected chi connectivity index (χ4v) is 1.93. The van der Waals surface area contributed by atoms with Gasteiger partial charge in [-0.3, -0.25) is 4.90 Å². The summed E-state index contributed by atoms with van der Waals surface area (Å²) in [5.74, 6) is 1.55. The lowest BCUT2D eigenvalue weighted by atomic mass is 9.96. The van der Waals surface area contributed by atoms with Crippen LogP contribution in [0.25, 0.3) is 0 Å². The van der Waals surface area contributed by atoms with Crippen LogP contribution < -0.4 is 0 Å². The second kappa shape index (κ2) is 6.23. The third-order valence-corrected chi connectivity index (χ3v) is 2.69. The number of rotatable bonds is 3. The van der Waals surface area contributed by atoms with Gasteiger partial charge in [0.25, 0.3) is 0 Å². The highest BCUT2D eigenvalue weighted by atomic mass is 15.1. The molecular weight excluding hydrogens is 170 g/mol. The van der Waals surface area contributed by atoms with Crippen molar-refractivity contribution in [1.82, 2.24) is 4.90 Å². The Morgan fingerprint density at radius 1 is 1.29 bits per heavy atom. The first kappa shape index (κ1) is 13.7. The smallest absolute Gasteiger partial charge is 0.0166 e. The predicted octanol–water partition coefficient (Wildman–Crippen LogP) is 3.57. The third kappa shape index (κ3) is 4.28. The van der Waals surface area contributed by atoms with E-state index in [0.29, 0.717) is 0 Å². The van der Waals surface area contributed by atoms with Gasteiger partial charge in [0, 0.05) is 19.6 Å². The van der Waals surface area contributed by atoms with Crippen LogP contribution >= 0.6 is 0 Å². The zero-order valence-corrected chi connectivity index (χ0v) is 9.51. The quantitative estimate of drug-likeness (QED) is 0.625. The van der Waals surface area contributed by atoms with Crippen LogP contribution in [0.4, 0.5) is 0 Å². The Hall–Kier alpha value is -0.300. The van der Waals surface area contributed by atoms with E-state index in [0.717, 1.165) is 11.8 Å². The van der Waals surface area contributed by atoms with Gasteiger partial charge in [-0.1, -0.05) is 46.8 Å². The van der Waals surface area contributed by atoms with Gasteiger partial charge in [-0.2, -0.15) is 0 Å². The van der Waals surface area contributed by atoms with E-state index in [1.807, 2.05) is 0 Å². The van der Waals surface area contributed by atoms with Gasteiger partial charge in [-0.25, -0.2) is 0 Å². The molecule has 0 amide bonds. The first-order chi connectivity index (χ1) is 6.09. The summed E-state index contributed by atoms with van der Waals surface area (Å²) in [6.45, 7) is 12.9. The second-order valence-electron chi connectivity index (χ2n) is 4.84. The van der Waals surface area contributed by atoms with Crippen molar-refractivity contribution < 1.29 is 0 Å². The van der Waals surface area contributed by atoms with Gasteiger partial charge >= 0.3 is 0 Å². The van der Waals surface area contributed by atoms with Crippen LogP contribution in [0.1, 0.15) is 41.5 Å². The SMILES string of the molecule is C.CC(C)CN1CC=C(C(C)C)CC1. The lowest BCUT2D eigenvalue weighted by molar-refractivity contribution is 0.258. The van der Waals surface area contributed by atoms with E-state index in [2.05, 4.69) is 38.7 Å². The van der Waals surface area contributed by atoms with Crippen molar-refractivity contribution in [3.63, 3.8) is 0 Å². The molecule has 0 aliphatic carbocycles. The van der Waals surface area contributed by atoms with Gasteiger partial charge in [-0.05, 0) is 18.3 Å². The molecule has 1 aliphatic rings. The van der Waals surface area contributed by atoms with E-state index in [1.54, 1.807) is 5.57 Å². The average Bonchev–Trinajstić information content (AvgIpc) is 2.04. The van der Waals surface area contributed by atoms with Gasteiger partial charge in [-0.15, -0.1) is 0 Å². The molecule has 14 heavy (non-hydrogen) atoms. The van der Waals surface area contributed by atoms with Crippen molar-refractivity contribution in [2.75, 3.05) is 19.6 Å². The third-order valence-electron chi connectivity index (χ3n) is 2.69. The van der Waals surface area contributed by atoms with Crippen molar-refractivity contribution in [1.29, 1.82) is 0 Å². The minimum atomic E-state index is 0.